The Labute approximate surface area is 124 Å². The third-order valence-corrected chi connectivity index (χ3v) is 6.62. The summed E-state index contributed by atoms with van der Waals surface area (Å²) in [6.45, 7) is 2.53. The molecule has 6 nitrogen and oxygen atoms in total. The molecule has 0 spiro atoms. The maximum atomic E-state index is 12.2. The predicted octanol–water partition coefficient (Wildman–Crippen LogP) is 0.948. The second-order valence-electron chi connectivity index (χ2n) is 5.70. The number of nitrogens with zero attached hydrogens (tertiary/aromatic N) is 4. The van der Waals surface area contributed by atoms with Crippen molar-refractivity contribution in [1.82, 2.24) is 13.7 Å². The van der Waals surface area contributed by atoms with Crippen LogP contribution in [0.3, 0.4) is 0 Å². The summed E-state index contributed by atoms with van der Waals surface area (Å²) in [6, 6.07) is 5.90. The molecule has 0 radical (unpaired) electrons. The van der Waals surface area contributed by atoms with Crippen LogP contribution in [0.15, 0.2) is 30.6 Å². The first-order valence-electron chi connectivity index (χ1n) is 7.32. The van der Waals surface area contributed by atoms with Crippen molar-refractivity contribution < 1.29 is 8.42 Å². The number of sulfonamides is 1. The van der Waals surface area contributed by atoms with Crippen LogP contribution in [0.25, 0.3) is 5.65 Å². The summed E-state index contributed by atoms with van der Waals surface area (Å²) in [5.74, 6) is 0.921. The van der Waals surface area contributed by atoms with Crippen molar-refractivity contribution >= 4 is 21.5 Å². The molecule has 21 heavy (non-hydrogen) atoms. The molecule has 112 valence electrons. The molecule has 2 aliphatic rings. The van der Waals surface area contributed by atoms with E-state index in [0.717, 1.165) is 24.3 Å². The molecule has 0 N–H and O–H groups in total. The summed E-state index contributed by atoms with van der Waals surface area (Å²) in [7, 11) is -3.04. The number of aromatic nitrogens is 2. The molecular weight excluding hydrogens is 288 g/mol. The number of anilines is 1. The molecule has 3 heterocycles. The van der Waals surface area contributed by atoms with Crippen LogP contribution in [0.1, 0.15) is 12.8 Å². The predicted molar refractivity (Wildman–Crippen MR) is 80.9 cm³/mol. The summed E-state index contributed by atoms with van der Waals surface area (Å²) >= 11 is 0. The molecular formula is C14H18N4O2S. The maximum Gasteiger partial charge on any atom is 0.217 e. The second kappa shape index (κ2) is 4.71. The van der Waals surface area contributed by atoms with Crippen LogP contribution >= 0.6 is 0 Å². The van der Waals surface area contributed by atoms with Gasteiger partial charge in [0.05, 0.1) is 11.4 Å². The minimum atomic E-state index is -3.04. The van der Waals surface area contributed by atoms with E-state index in [4.69, 9.17) is 0 Å². The van der Waals surface area contributed by atoms with Crippen LogP contribution in [-0.2, 0) is 10.0 Å². The average molecular weight is 306 g/mol. The fraction of sp³-hybridized carbons (Fsp3) is 0.500. The van der Waals surface area contributed by atoms with E-state index in [2.05, 4.69) is 9.88 Å². The largest absolute Gasteiger partial charge is 0.353 e. The number of rotatable bonds is 3. The first-order chi connectivity index (χ1) is 10.1. The molecule has 1 saturated heterocycles. The summed E-state index contributed by atoms with van der Waals surface area (Å²) in [6.07, 6.45) is 5.63. The van der Waals surface area contributed by atoms with Gasteiger partial charge in [0.2, 0.25) is 10.0 Å². The average Bonchev–Trinajstić information content (AvgIpc) is 3.27. The van der Waals surface area contributed by atoms with Crippen LogP contribution in [0.2, 0.25) is 0 Å². The zero-order valence-corrected chi connectivity index (χ0v) is 12.5. The standard InChI is InChI=1S/C14H18N4O2S/c19-21(20,12-4-5-12)18-9-7-16(8-10-18)14-11-17-6-2-1-3-13(17)15-14/h1-3,6,11-12H,4-5,7-10H2. The van der Waals surface area contributed by atoms with Crippen LogP contribution in [-0.4, -0.2) is 53.5 Å². The van der Waals surface area contributed by atoms with Crippen molar-refractivity contribution in [3.05, 3.63) is 30.6 Å². The van der Waals surface area contributed by atoms with Gasteiger partial charge in [0, 0.05) is 32.4 Å². The molecule has 0 amide bonds. The fourth-order valence-electron chi connectivity index (χ4n) is 2.82. The summed E-state index contributed by atoms with van der Waals surface area (Å²) < 4.78 is 28.1. The van der Waals surface area contributed by atoms with E-state index in [1.165, 1.54) is 0 Å². The van der Waals surface area contributed by atoms with Crippen molar-refractivity contribution in [2.24, 2.45) is 0 Å². The van der Waals surface area contributed by atoms with E-state index < -0.39 is 10.0 Å². The molecule has 7 heteroatoms. The van der Waals surface area contributed by atoms with E-state index in [1.54, 1.807) is 4.31 Å². The summed E-state index contributed by atoms with van der Waals surface area (Å²) in [5.41, 5.74) is 0.917. The number of pyridine rings is 1. The van der Waals surface area contributed by atoms with Crippen molar-refractivity contribution in [2.45, 2.75) is 18.1 Å². The molecule has 2 fully saturated rings. The first-order valence-corrected chi connectivity index (χ1v) is 8.82. The van der Waals surface area contributed by atoms with Gasteiger partial charge in [-0.1, -0.05) is 6.07 Å². The Morgan fingerprint density at radius 1 is 1.10 bits per heavy atom. The fourth-order valence-corrected chi connectivity index (χ4v) is 4.65. The van der Waals surface area contributed by atoms with Gasteiger partial charge >= 0.3 is 0 Å². The minimum Gasteiger partial charge on any atom is -0.353 e. The molecule has 1 aliphatic carbocycles. The van der Waals surface area contributed by atoms with Crippen LogP contribution in [0.5, 0.6) is 0 Å². The Balaban J connectivity index is 1.49. The van der Waals surface area contributed by atoms with Gasteiger partial charge in [0.1, 0.15) is 11.5 Å². The SMILES string of the molecule is O=S(=O)(C1CC1)N1CCN(c2cn3ccccc3n2)CC1. The number of hydrogen-bond donors (Lipinski definition) is 0. The monoisotopic (exact) mass is 306 g/mol. The van der Waals surface area contributed by atoms with Crippen molar-refractivity contribution in [3.8, 4) is 0 Å². The van der Waals surface area contributed by atoms with Gasteiger partial charge in [0.25, 0.3) is 0 Å². The van der Waals surface area contributed by atoms with Crippen LogP contribution < -0.4 is 4.90 Å². The van der Waals surface area contributed by atoms with Gasteiger partial charge < -0.3 is 9.30 Å². The molecule has 1 saturated carbocycles. The third-order valence-electron chi connectivity index (χ3n) is 4.22. The Bertz CT molecular complexity index is 725. The van der Waals surface area contributed by atoms with E-state index in [1.807, 2.05) is 35.0 Å². The lowest BCUT2D eigenvalue weighted by atomic mass is 10.4. The van der Waals surface area contributed by atoms with Crippen molar-refractivity contribution in [1.29, 1.82) is 0 Å². The number of piperazine rings is 1. The van der Waals surface area contributed by atoms with Gasteiger partial charge in [-0.2, -0.15) is 4.31 Å². The molecule has 2 aromatic rings. The Hall–Kier alpha value is -1.60. The highest BCUT2D eigenvalue weighted by atomic mass is 32.2. The molecule has 0 bridgehead atoms. The Morgan fingerprint density at radius 3 is 2.52 bits per heavy atom. The molecule has 2 aromatic heterocycles. The van der Waals surface area contributed by atoms with Crippen LogP contribution in [0, 0.1) is 0 Å². The first kappa shape index (κ1) is 13.1. The zero-order chi connectivity index (χ0) is 14.4. The topological polar surface area (TPSA) is 57.9 Å². The van der Waals surface area contributed by atoms with Crippen LogP contribution in [0.4, 0.5) is 5.82 Å². The quantitative estimate of drug-likeness (QED) is 0.847. The van der Waals surface area contributed by atoms with Gasteiger partial charge in [0.15, 0.2) is 0 Å². The van der Waals surface area contributed by atoms with Crippen molar-refractivity contribution in [3.63, 3.8) is 0 Å². The van der Waals surface area contributed by atoms with Crippen molar-refractivity contribution in [2.75, 3.05) is 31.1 Å². The van der Waals surface area contributed by atoms with Gasteiger partial charge in [-0.05, 0) is 25.0 Å². The highest BCUT2D eigenvalue weighted by molar-refractivity contribution is 7.90. The zero-order valence-electron chi connectivity index (χ0n) is 11.7. The minimum absolute atomic E-state index is 0.112. The Morgan fingerprint density at radius 2 is 1.86 bits per heavy atom. The highest BCUT2D eigenvalue weighted by Crippen LogP contribution is 2.31. The lowest BCUT2D eigenvalue weighted by Gasteiger charge is -2.34. The maximum absolute atomic E-state index is 12.2. The van der Waals surface area contributed by atoms with E-state index in [0.29, 0.717) is 26.2 Å². The number of hydrogen-bond acceptors (Lipinski definition) is 4. The summed E-state index contributed by atoms with van der Waals surface area (Å²) in [5, 5.41) is -0.112. The Kier molecular flexibility index (Phi) is 2.93. The second-order valence-corrected chi connectivity index (χ2v) is 7.91. The van der Waals surface area contributed by atoms with Gasteiger partial charge in [-0.3, -0.25) is 0 Å². The number of fused-ring (bicyclic) bond motifs is 1. The van der Waals surface area contributed by atoms with E-state index in [-0.39, 0.29) is 5.25 Å². The van der Waals surface area contributed by atoms with Gasteiger partial charge in [-0.25, -0.2) is 13.4 Å². The molecule has 0 atom stereocenters. The number of imidazole rings is 1. The lowest BCUT2D eigenvalue weighted by molar-refractivity contribution is 0.383. The highest BCUT2D eigenvalue weighted by Gasteiger charge is 2.41. The molecule has 0 aromatic carbocycles. The van der Waals surface area contributed by atoms with E-state index >= 15 is 0 Å². The van der Waals surface area contributed by atoms with E-state index in [9.17, 15) is 8.42 Å². The third kappa shape index (κ3) is 2.30. The molecule has 4 rings (SSSR count). The lowest BCUT2D eigenvalue weighted by Crippen LogP contribution is -2.49. The normalized spacial score (nSPS) is 21.0. The smallest absolute Gasteiger partial charge is 0.217 e. The molecule has 1 aliphatic heterocycles. The van der Waals surface area contributed by atoms with Gasteiger partial charge in [-0.15, -0.1) is 0 Å². The molecule has 0 unspecified atom stereocenters. The summed E-state index contributed by atoms with van der Waals surface area (Å²) in [4.78, 5) is 6.75.